The number of rotatable bonds is 4. The van der Waals surface area contributed by atoms with Gasteiger partial charge in [0.25, 0.3) is 5.91 Å². The number of aliphatic carboxylic acids is 1. The van der Waals surface area contributed by atoms with Gasteiger partial charge in [0.1, 0.15) is 11.9 Å². The average molecular weight is 301 g/mol. The Bertz CT molecular complexity index is 692. The number of tetrazole rings is 1. The molecule has 3 rings (SSSR count). The Morgan fingerprint density at radius 3 is 2.68 bits per heavy atom. The minimum absolute atomic E-state index is 0.375. The second kappa shape index (κ2) is 5.55. The molecule has 0 spiro atoms. The van der Waals surface area contributed by atoms with Gasteiger partial charge < -0.3 is 10.4 Å². The number of benzene rings is 1. The van der Waals surface area contributed by atoms with Crippen molar-refractivity contribution in [1.29, 1.82) is 0 Å². The first-order chi connectivity index (χ1) is 10.6. The summed E-state index contributed by atoms with van der Waals surface area (Å²) in [6.07, 6.45) is 3.95. The van der Waals surface area contributed by atoms with E-state index in [1.165, 1.54) is 11.0 Å². The quantitative estimate of drug-likeness (QED) is 0.864. The predicted octanol–water partition coefficient (Wildman–Crippen LogP) is 0.789. The van der Waals surface area contributed by atoms with E-state index in [0.29, 0.717) is 24.1 Å². The van der Waals surface area contributed by atoms with E-state index < -0.39 is 17.4 Å². The highest BCUT2D eigenvalue weighted by molar-refractivity contribution is 5.98. The van der Waals surface area contributed by atoms with Crippen molar-refractivity contribution in [1.82, 2.24) is 25.5 Å². The number of hydrogen-bond donors (Lipinski definition) is 2. The standard InChI is InChI=1S/C14H15N5O3/c20-12(16-14(13(21)22)6-1-2-7-14)10-4-3-5-11(8-10)19-9-15-17-18-19/h3-5,8-9H,1-2,6-7H2,(H,16,20)(H,21,22). The molecule has 1 fully saturated rings. The SMILES string of the molecule is O=C(NC1(C(=O)O)CCCC1)c1cccc(-n2cnnn2)c1. The van der Waals surface area contributed by atoms with Gasteiger partial charge in [0.2, 0.25) is 0 Å². The van der Waals surface area contributed by atoms with Crippen molar-refractivity contribution >= 4 is 11.9 Å². The van der Waals surface area contributed by atoms with Crippen LogP contribution in [-0.4, -0.2) is 42.7 Å². The number of carbonyl (C=O) groups excluding carboxylic acids is 1. The zero-order chi connectivity index (χ0) is 15.6. The molecular formula is C14H15N5O3. The molecule has 1 aliphatic carbocycles. The Labute approximate surface area is 126 Å². The van der Waals surface area contributed by atoms with Crippen LogP contribution in [0.1, 0.15) is 36.0 Å². The van der Waals surface area contributed by atoms with Crippen LogP contribution in [-0.2, 0) is 4.79 Å². The molecule has 22 heavy (non-hydrogen) atoms. The molecule has 114 valence electrons. The fraction of sp³-hybridized carbons (Fsp3) is 0.357. The molecule has 1 aromatic heterocycles. The van der Waals surface area contributed by atoms with Crippen LogP contribution in [0, 0.1) is 0 Å². The van der Waals surface area contributed by atoms with E-state index >= 15 is 0 Å². The first-order valence-electron chi connectivity index (χ1n) is 7.00. The lowest BCUT2D eigenvalue weighted by Gasteiger charge is -2.25. The van der Waals surface area contributed by atoms with Gasteiger partial charge in [-0.1, -0.05) is 18.9 Å². The average Bonchev–Trinajstić information content (AvgIpc) is 3.19. The molecule has 0 unspecified atom stereocenters. The fourth-order valence-corrected chi connectivity index (χ4v) is 2.73. The van der Waals surface area contributed by atoms with Gasteiger partial charge in [-0.15, -0.1) is 5.10 Å². The third-order valence-corrected chi connectivity index (χ3v) is 3.94. The molecule has 0 atom stereocenters. The molecule has 2 aromatic rings. The van der Waals surface area contributed by atoms with Gasteiger partial charge >= 0.3 is 5.97 Å². The third kappa shape index (κ3) is 2.54. The Morgan fingerprint density at radius 1 is 1.27 bits per heavy atom. The van der Waals surface area contributed by atoms with Crippen LogP contribution in [0.2, 0.25) is 0 Å². The van der Waals surface area contributed by atoms with Crippen molar-refractivity contribution < 1.29 is 14.7 Å². The van der Waals surface area contributed by atoms with Crippen molar-refractivity contribution in [2.75, 3.05) is 0 Å². The first kappa shape index (κ1) is 14.2. The number of nitrogens with one attached hydrogen (secondary N) is 1. The normalized spacial score (nSPS) is 16.4. The fourth-order valence-electron chi connectivity index (χ4n) is 2.73. The molecule has 1 heterocycles. The largest absolute Gasteiger partial charge is 0.480 e. The maximum absolute atomic E-state index is 12.4. The van der Waals surface area contributed by atoms with Gasteiger partial charge in [-0.25, -0.2) is 9.48 Å². The Balaban J connectivity index is 1.83. The van der Waals surface area contributed by atoms with Crippen molar-refractivity contribution in [3.05, 3.63) is 36.2 Å². The van der Waals surface area contributed by atoms with Gasteiger partial charge in [-0.2, -0.15) is 0 Å². The second-order valence-corrected chi connectivity index (χ2v) is 5.35. The van der Waals surface area contributed by atoms with Crippen LogP contribution >= 0.6 is 0 Å². The van der Waals surface area contributed by atoms with Crippen LogP contribution < -0.4 is 5.32 Å². The Morgan fingerprint density at radius 2 is 2.05 bits per heavy atom. The Kier molecular flexibility index (Phi) is 3.58. The van der Waals surface area contributed by atoms with Crippen molar-refractivity contribution in [2.24, 2.45) is 0 Å². The van der Waals surface area contributed by atoms with E-state index in [2.05, 4.69) is 20.8 Å². The highest BCUT2D eigenvalue weighted by Crippen LogP contribution is 2.30. The van der Waals surface area contributed by atoms with Gasteiger partial charge in [0.05, 0.1) is 5.69 Å². The van der Waals surface area contributed by atoms with Gasteiger partial charge in [0.15, 0.2) is 0 Å². The van der Waals surface area contributed by atoms with E-state index in [9.17, 15) is 14.7 Å². The smallest absolute Gasteiger partial charge is 0.329 e. The van der Waals surface area contributed by atoms with Gasteiger partial charge in [-0.3, -0.25) is 4.79 Å². The summed E-state index contributed by atoms with van der Waals surface area (Å²) in [5.74, 6) is -1.38. The number of aromatic nitrogens is 4. The first-order valence-corrected chi connectivity index (χ1v) is 7.00. The molecule has 8 heteroatoms. The maximum atomic E-state index is 12.4. The van der Waals surface area contributed by atoms with Crippen molar-refractivity contribution in [3.63, 3.8) is 0 Å². The van der Waals surface area contributed by atoms with Crippen molar-refractivity contribution in [2.45, 2.75) is 31.2 Å². The van der Waals surface area contributed by atoms with Gasteiger partial charge in [-0.05, 0) is 41.5 Å². The van der Waals surface area contributed by atoms with E-state index in [4.69, 9.17) is 0 Å². The summed E-state index contributed by atoms with van der Waals surface area (Å²) in [4.78, 5) is 23.9. The lowest BCUT2D eigenvalue weighted by molar-refractivity contribution is -0.144. The topological polar surface area (TPSA) is 110 Å². The summed E-state index contributed by atoms with van der Waals surface area (Å²) in [5, 5.41) is 23.0. The summed E-state index contributed by atoms with van der Waals surface area (Å²) in [7, 11) is 0. The minimum atomic E-state index is -1.15. The third-order valence-electron chi connectivity index (χ3n) is 3.94. The summed E-state index contributed by atoms with van der Waals surface area (Å²) in [6.45, 7) is 0. The summed E-state index contributed by atoms with van der Waals surface area (Å²) in [6, 6.07) is 6.72. The molecule has 1 aliphatic rings. The lowest BCUT2D eigenvalue weighted by atomic mass is 9.97. The van der Waals surface area contributed by atoms with Crippen LogP contribution in [0.15, 0.2) is 30.6 Å². The Hall–Kier alpha value is -2.77. The van der Waals surface area contributed by atoms with Crippen molar-refractivity contribution in [3.8, 4) is 5.69 Å². The molecule has 1 aromatic carbocycles. The molecule has 0 saturated heterocycles. The van der Waals surface area contributed by atoms with E-state index in [0.717, 1.165) is 12.8 Å². The van der Waals surface area contributed by atoms with E-state index in [-0.39, 0.29) is 0 Å². The number of nitrogens with zero attached hydrogens (tertiary/aromatic N) is 4. The van der Waals surface area contributed by atoms with Crippen LogP contribution in [0.25, 0.3) is 5.69 Å². The van der Waals surface area contributed by atoms with Crippen LogP contribution in [0.3, 0.4) is 0 Å². The highest BCUT2D eigenvalue weighted by atomic mass is 16.4. The molecule has 0 bridgehead atoms. The number of carbonyl (C=O) groups is 2. The summed E-state index contributed by atoms with van der Waals surface area (Å²) >= 11 is 0. The molecule has 2 N–H and O–H groups in total. The molecule has 1 amide bonds. The second-order valence-electron chi connectivity index (χ2n) is 5.35. The number of amides is 1. The molecule has 0 aliphatic heterocycles. The molecule has 1 saturated carbocycles. The molecular weight excluding hydrogens is 286 g/mol. The van der Waals surface area contributed by atoms with E-state index in [1.54, 1.807) is 24.3 Å². The van der Waals surface area contributed by atoms with E-state index in [1.807, 2.05) is 0 Å². The lowest BCUT2D eigenvalue weighted by Crippen LogP contribution is -2.52. The monoisotopic (exact) mass is 301 g/mol. The highest BCUT2D eigenvalue weighted by Gasteiger charge is 2.42. The molecule has 0 radical (unpaired) electrons. The zero-order valence-electron chi connectivity index (χ0n) is 11.8. The van der Waals surface area contributed by atoms with Crippen LogP contribution in [0.5, 0.6) is 0 Å². The summed E-state index contributed by atoms with van der Waals surface area (Å²) in [5.41, 5.74) is -0.143. The zero-order valence-corrected chi connectivity index (χ0v) is 11.8. The number of carboxylic acids is 1. The predicted molar refractivity (Wildman–Crippen MR) is 75.5 cm³/mol. The number of hydrogen-bond acceptors (Lipinski definition) is 5. The van der Waals surface area contributed by atoms with Crippen LogP contribution in [0.4, 0.5) is 0 Å². The minimum Gasteiger partial charge on any atom is -0.480 e. The molecule has 8 nitrogen and oxygen atoms in total. The maximum Gasteiger partial charge on any atom is 0.329 e. The summed E-state index contributed by atoms with van der Waals surface area (Å²) < 4.78 is 1.43. The number of carboxylic acid groups (broad SMARTS) is 1. The van der Waals surface area contributed by atoms with Gasteiger partial charge in [0, 0.05) is 5.56 Å².